The Kier molecular flexibility index (Phi) is 10.9. The summed E-state index contributed by atoms with van der Waals surface area (Å²) in [4.78, 5) is 23.8. The summed E-state index contributed by atoms with van der Waals surface area (Å²) in [5.74, 6) is 4.73. The van der Waals surface area contributed by atoms with Crippen molar-refractivity contribution < 1.29 is 9.59 Å². The van der Waals surface area contributed by atoms with Crippen LogP contribution in [0.2, 0.25) is 0 Å². The number of nitrogens with one attached hydrogen (secondary N) is 1. The Balaban J connectivity index is 0.000000280. The number of hydrogen-bond acceptors (Lipinski definition) is 3. The molecule has 0 radical (unpaired) electrons. The molecule has 2 aliphatic rings. The van der Waals surface area contributed by atoms with Crippen molar-refractivity contribution in [2.75, 3.05) is 13.1 Å². The number of hydrogen-bond donors (Lipinski definition) is 1. The first kappa shape index (κ1) is 25.3. The zero-order chi connectivity index (χ0) is 21.4. The minimum absolute atomic E-state index is 0.189. The summed E-state index contributed by atoms with van der Waals surface area (Å²) in [5.41, 5.74) is 0. The maximum Gasteiger partial charge on any atom is 0.140 e. The summed E-state index contributed by atoms with van der Waals surface area (Å²) in [7, 11) is 0. The lowest BCUT2D eigenvalue weighted by molar-refractivity contribution is -0.127. The SMILES string of the molecule is CC(C)C[C@H]1CCC[C@@H]1C(=O)C(C)C.CC(C)C[C@H]1CNC[C@@H]1C(=O)C(C)C. The molecule has 1 N–H and O–H groups in total. The monoisotopic (exact) mass is 393 g/mol. The predicted octanol–water partition coefficient (Wildman–Crippen LogP) is 5.77. The van der Waals surface area contributed by atoms with Crippen LogP contribution in [0.1, 0.15) is 87.5 Å². The minimum Gasteiger partial charge on any atom is -0.316 e. The van der Waals surface area contributed by atoms with Crippen LogP contribution in [-0.4, -0.2) is 24.7 Å². The first-order valence-corrected chi connectivity index (χ1v) is 11.8. The Bertz CT molecular complexity index is 437. The lowest BCUT2D eigenvalue weighted by Gasteiger charge is -2.21. The Morgan fingerprint density at radius 1 is 0.714 bits per heavy atom. The van der Waals surface area contributed by atoms with Crippen LogP contribution in [-0.2, 0) is 9.59 Å². The van der Waals surface area contributed by atoms with Gasteiger partial charge >= 0.3 is 0 Å². The number of ketones is 2. The van der Waals surface area contributed by atoms with Crippen molar-refractivity contribution in [1.82, 2.24) is 5.32 Å². The second-order valence-corrected chi connectivity index (χ2v) is 10.7. The first-order valence-electron chi connectivity index (χ1n) is 11.8. The van der Waals surface area contributed by atoms with E-state index in [1.54, 1.807) is 0 Å². The molecule has 1 aliphatic heterocycles. The summed E-state index contributed by atoms with van der Waals surface area (Å²) in [6.07, 6.45) is 6.11. The maximum absolute atomic E-state index is 11.9. The van der Waals surface area contributed by atoms with E-state index in [0.717, 1.165) is 25.4 Å². The smallest absolute Gasteiger partial charge is 0.140 e. The summed E-state index contributed by atoms with van der Waals surface area (Å²) in [6, 6.07) is 0. The van der Waals surface area contributed by atoms with Crippen LogP contribution in [0.3, 0.4) is 0 Å². The second kappa shape index (κ2) is 12.1. The molecule has 2 rings (SSSR count). The molecule has 0 amide bonds. The molecule has 1 aliphatic carbocycles. The largest absolute Gasteiger partial charge is 0.316 e. The van der Waals surface area contributed by atoms with E-state index in [4.69, 9.17) is 0 Å². The molecule has 1 saturated carbocycles. The average Bonchev–Trinajstić information content (AvgIpc) is 3.22. The molecular formula is C25H47NO2. The highest BCUT2D eigenvalue weighted by molar-refractivity contribution is 5.84. The number of carbonyl (C=O) groups is 2. The molecular weight excluding hydrogens is 346 g/mol. The lowest BCUT2D eigenvalue weighted by atomic mass is 9.82. The molecule has 0 aromatic carbocycles. The van der Waals surface area contributed by atoms with E-state index in [2.05, 4.69) is 33.0 Å². The molecule has 164 valence electrons. The van der Waals surface area contributed by atoms with Crippen molar-refractivity contribution in [1.29, 1.82) is 0 Å². The molecule has 3 heteroatoms. The average molecular weight is 394 g/mol. The van der Waals surface area contributed by atoms with Crippen LogP contribution in [0, 0.1) is 47.3 Å². The third-order valence-corrected chi connectivity index (χ3v) is 6.42. The van der Waals surface area contributed by atoms with Gasteiger partial charge < -0.3 is 5.32 Å². The topological polar surface area (TPSA) is 46.2 Å². The highest BCUT2D eigenvalue weighted by Crippen LogP contribution is 2.37. The van der Waals surface area contributed by atoms with Gasteiger partial charge in [-0.2, -0.15) is 0 Å². The van der Waals surface area contributed by atoms with Crippen molar-refractivity contribution in [2.45, 2.75) is 87.5 Å². The van der Waals surface area contributed by atoms with E-state index in [1.807, 2.05) is 27.7 Å². The van der Waals surface area contributed by atoms with Gasteiger partial charge in [-0.05, 0) is 55.9 Å². The van der Waals surface area contributed by atoms with Crippen LogP contribution in [0.4, 0.5) is 0 Å². The van der Waals surface area contributed by atoms with Gasteiger partial charge in [-0.15, -0.1) is 0 Å². The molecule has 0 aromatic rings. The Labute approximate surface area is 174 Å². The molecule has 1 heterocycles. The molecule has 2 fully saturated rings. The second-order valence-electron chi connectivity index (χ2n) is 10.7. The third-order valence-electron chi connectivity index (χ3n) is 6.42. The fraction of sp³-hybridized carbons (Fsp3) is 0.920. The standard InChI is InChI=1S/C13H24O.C12H23NO/c1-9(2)8-11-6-5-7-12(11)13(14)10(3)4;1-8(2)5-10-6-13-7-11(10)12(14)9(3)4/h9-12H,5-8H2,1-4H3;8-11,13H,5-7H2,1-4H3/t11-,12+;10-,11-/m10/s1. The van der Waals surface area contributed by atoms with Gasteiger partial charge in [-0.25, -0.2) is 0 Å². The molecule has 4 atom stereocenters. The highest BCUT2D eigenvalue weighted by Gasteiger charge is 2.34. The third kappa shape index (κ3) is 7.97. The quantitative estimate of drug-likeness (QED) is 0.569. The number of carbonyl (C=O) groups excluding carboxylic acids is 2. The van der Waals surface area contributed by atoms with E-state index in [0.29, 0.717) is 35.2 Å². The van der Waals surface area contributed by atoms with Gasteiger partial charge in [-0.1, -0.05) is 61.8 Å². The normalized spacial score (nSPS) is 27.6. The Morgan fingerprint density at radius 2 is 1.21 bits per heavy atom. The van der Waals surface area contributed by atoms with Crippen molar-refractivity contribution >= 4 is 11.6 Å². The zero-order valence-electron chi connectivity index (χ0n) is 19.9. The minimum atomic E-state index is 0.189. The molecule has 28 heavy (non-hydrogen) atoms. The summed E-state index contributed by atoms with van der Waals surface area (Å²) < 4.78 is 0. The Morgan fingerprint density at radius 3 is 1.71 bits per heavy atom. The van der Waals surface area contributed by atoms with E-state index in [9.17, 15) is 9.59 Å². The van der Waals surface area contributed by atoms with Gasteiger partial charge in [0, 0.05) is 30.2 Å². The molecule has 0 spiro atoms. The van der Waals surface area contributed by atoms with Gasteiger partial charge in [0.2, 0.25) is 0 Å². The van der Waals surface area contributed by atoms with Crippen LogP contribution in [0.25, 0.3) is 0 Å². The van der Waals surface area contributed by atoms with E-state index in [-0.39, 0.29) is 17.8 Å². The van der Waals surface area contributed by atoms with Crippen molar-refractivity contribution in [3.8, 4) is 0 Å². The van der Waals surface area contributed by atoms with E-state index < -0.39 is 0 Å². The van der Waals surface area contributed by atoms with Gasteiger partial charge in [0.25, 0.3) is 0 Å². The predicted molar refractivity (Wildman–Crippen MR) is 119 cm³/mol. The number of rotatable bonds is 8. The fourth-order valence-corrected chi connectivity index (χ4v) is 5.07. The summed E-state index contributed by atoms with van der Waals surface area (Å²) in [6.45, 7) is 19.0. The van der Waals surface area contributed by atoms with Gasteiger partial charge in [0.1, 0.15) is 11.6 Å². The van der Waals surface area contributed by atoms with Crippen LogP contribution >= 0.6 is 0 Å². The summed E-state index contributed by atoms with van der Waals surface area (Å²) >= 11 is 0. The van der Waals surface area contributed by atoms with Crippen LogP contribution in [0.15, 0.2) is 0 Å². The molecule has 1 saturated heterocycles. The van der Waals surface area contributed by atoms with Crippen molar-refractivity contribution in [3.05, 3.63) is 0 Å². The van der Waals surface area contributed by atoms with Gasteiger partial charge in [0.15, 0.2) is 0 Å². The van der Waals surface area contributed by atoms with Crippen molar-refractivity contribution in [2.24, 2.45) is 47.3 Å². The molecule has 0 bridgehead atoms. The maximum atomic E-state index is 11.9. The number of Topliss-reactive ketones (excluding diaryl/α,β-unsaturated/α-hetero) is 2. The highest BCUT2D eigenvalue weighted by atomic mass is 16.1. The molecule has 3 nitrogen and oxygen atoms in total. The fourth-order valence-electron chi connectivity index (χ4n) is 5.07. The van der Waals surface area contributed by atoms with Gasteiger partial charge in [0.05, 0.1) is 0 Å². The van der Waals surface area contributed by atoms with Crippen LogP contribution < -0.4 is 5.32 Å². The molecule has 0 unspecified atom stereocenters. The zero-order valence-corrected chi connectivity index (χ0v) is 19.9. The summed E-state index contributed by atoms with van der Waals surface area (Å²) in [5, 5.41) is 3.34. The first-order chi connectivity index (χ1) is 13.0. The van der Waals surface area contributed by atoms with Crippen LogP contribution in [0.5, 0.6) is 0 Å². The van der Waals surface area contributed by atoms with Gasteiger partial charge in [-0.3, -0.25) is 9.59 Å². The van der Waals surface area contributed by atoms with E-state index >= 15 is 0 Å². The molecule has 0 aromatic heterocycles. The lowest BCUT2D eigenvalue weighted by Crippen LogP contribution is -2.27. The Hall–Kier alpha value is -0.700. The van der Waals surface area contributed by atoms with E-state index in [1.165, 1.54) is 25.7 Å². The van der Waals surface area contributed by atoms with Crippen molar-refractivity contribution in [3.63, 3.8) is 0 Å².